The van der Waals surface area contributed by atoms with Crippen LogP contribution in [-0.4, -0.2) is 23.2 Å². The molecule has 7 heteroatoms. The van der Waals surface area contributed by atoms with Gasteiger partial charge in [-0.05, 0) is 41.6 Å². The third-order valence-electron chi connectivity index (χ3n) is 3.53. The lowest BCUT2D eigenvalue weighted by Crippen LogP contribution is -2.37. The zero-order valence-corrected chi connectivity index (χ0v) is 14.8. The maximum absolute atomic E-state index is 12.6. The topological polar surface area (TPSA) is 42.0 Å². The van der Waals surface area contributed by atoms with Gasteiger partial charge in [-0.1, -0.05) is 37.6 Å². The molecule has 0 fully saturated rings. The van der Waals surface area contributed by atoms with E-state index in [1.807, 2.05) is 26.0 Å². The monoisotopic (exact) mass is 370 g/mol. The normalized spacial score (nSPS) is 11.6. The zero-order chi connectivity index (χ0) is 17.7. The van der Waals surface area contributed by atoms with E-state index < -0.39 is 11.7 Å². The summed E-state index contributed by atoms with van der Waals surface area (Å²) in [5, 5.41) is 3.46. The fourth-order valence-electron chi connectivity index (χ4n) is 2.14. The highest BCUT2D eigenvalue weighted by Crippen LogP contribution is 2.27. The zero-order valence-electron chi connectivity index (χ0n) is 13.2. The van der Waals surface area contributed by atoms with Crippen LogP contribution >= 0.6 is 23.4 Å². The number of benzene rings is 1. The summed E-state index contributed by atoms with van der Waals surface area (Å²) in [4.78, 5) is 16.2. The molecular formula is C17H17ClF2N2OS. The Kier molecular flexibility index (Phi) is 6.18. The van der Waals surface area contributed by atoms with Gasteiger partial charge in [-0.3, -0.25) is 4.79 Å². The summed E-state index contributed by atoms with van der Waals surface area (Å²) in [6.45, 7) is 4.31. The van der Waals surface area contributed by atoms with Crippen LogP contribution in [0.4, 0.5) is 8.78 Å². The lowest BCUT2D eigenvalue weighted by Gasteiger charge is -2.26. The number of rotatable bonds is 6. The second kappa shape index (κ2) is 7.94. The third-order valence-corrected chi connectivity index (χ3v) is 4.51. The van der Waals surface area contributed by atoms with Crippen LogP contribution in [-0.2, 0) is 5.41 Å². The molecule has 2 aromatic rings. The minimum atomic E-state index is -2.63. The van der Waals surface area contributed by atoms with Crippen molar-refractivity contribution in [2.45, 2.75) is 30.0 Å². The Hall–Kier alpha value is -1.66. The van der Waals surface area contributed by atoms with Gasteiger partial charge in [0.1, 0.15) is 5.03 Å². The minimum absolute atomic E-state index is 0.0225. The van der Waals surface area contributed by atoms with E-state index in [9.17, 15) is 13.6 Å². The number of aromatic nitrogens is 1. The molecule has 0 atom stereocenters. The average molecular weight is 371 g/mol. The molecule has 0 aliphatic carbocycles. The number of nitrogens with zero attached hydrogens (tertiary/aromatic N) is 1. The van der Waals surface area contributed by atoms with Crippen LogP contribution in [0.2, 0.25) is 5.02 Å². The number of carbonyl (C=O) groups excluding carboxylic acids is 1. The molecule has 0 saturated carbocycles. The number of carbonyl (C=O) groups is 1. The van der Waals surface area contributed by atoms with Gasteiger partial charge >= 0.3 is 0 Å². The van der Waals surface area contributed by atoms with Crippen LogP contribution in [0.3, 0.4) is 0 Å². The summed E-state index contributed by atoms with van der Waals surface area (Å²) in [5.74, 6) is -3.05. The van der Waals surface area contributed by atoms with Crippen molar-refractivity contribution in [1.29, 1.82) is 0 Å². The first-order valence-corrected chi connectivity index (χ1v) is 8.49. The number of pyridine rings is 1. The van der Waals surface area contributed by atoms with Crippen LogP contribution in [0.15, 0.2) is 47.6 Å². The molecule has 1 amide bonds. The Balaban J connectivity index is 2.09. The predicted octanol–water partition coefficient (Wildman–Crippen LogP) is 4.76. The first-order valence-electron chi connectivity index (χ1n) is 7.23. The van der Waals surface area contributed by atoms with E-state index in [1.165, 1.54) is 12.3 Å². The van der Waals surface area contributed by atoms with Crippen molar-refractivity contribution in [3.05, 3.63) is 58.7 Å². The lowest BCUT2D eigenvalue weighted by molar-refractivity contribution is 0.0942. The fraction of sp³-hybridized carbons (Fsp3) is 0.294. The second-order valence-corrected chi connectivity index (χ2v) is 7.22. The molecule has 0 spiro atoms. The molecule has 0 radical (unpaired) electrons. The van der Waals surface area contributed by atoms with Crippen LogP contribution < -0.4 is 5.32 Å². The molecular weight excluding hydrogens is 354 g/mol. The number of alkyl halides is 2. The Bertz CT molecular complexity index is 708. The van der Waals surface area contributed by atoms with E-state index in [-0.39, 0.29) is 27.8 Å². The number of halogens is 3. The van der Waals surface area contributed by atoms with Gasteiger partial charge in [0.2, 0.25) is 0 Å². The van der Waals surface area contributed by atoms with Gasteiger partial charge in [0, 0.05) is 23.2 Å². The molecule has 128 valence electrons. The highest BCUT2D eigenvalue weighted by Gasteiger charge is 2.23. The van der Waals surface area contributed by atoms with Crippen LogP contribution in [0.5, 0.6) is 0 Å². The van der Waals surface area contributed by atoms with Crippen LogP contribution in [0.1, 0.15) is 29.8 Å². The largest absolute Gasteiger partial charge is 0.351 e. The van der Waals surface area contributed by atoms with E-state index in [1.54, 1.807) is 18.2 Å². The number of hydrogen-bond donors (Lipinski definition) is 1. The molecule has 24 heavy (non-hydrogen) atoms. The lowest BCUT2D eigenvalue weighted by atomic mass is 9.84. The van der Waals surface area contributed by atoms with Gasteiger partial charge in [0.25, 0.3) is 11.7 Å². The van der Waals surface area contributed by atoms with E-state index in [0.717, 1.165) is 5.56 Å². The van der Waals surface area contributed by atoms with Gasteiger partial charge in [-0.25, -0.2) is 4.98 Å². The molecule has 0 saturated heterocycles. The SMILES string of the molecule is CC(C)(CNC(=O)c1cccnc1SC(F)F)c1ccc(Cl)cc1. The first kappa shape index (κ1) is 18.7. The van der Waals surface area contributed by atoms with E-state index >= 15 is 0 Å². The highest BCUT2D eigenvalue weighted by molar-refractivity contribution is 7.99. The number of thioether (sulfide) groups is 1. The van der Waals surface area contributed by atoms with E-state index in [2.05, 4.69) is 10.3 Å². The van der Waals surface area contributed by atoms with Crippen molar-refractivity contribution in [1.82, 2.24) is 10.3 Å². The van der Waals surface area contributed by atoms with E-state index in [0.29, 0.717) is 11.6 Å². The minimum Gasteiger partial charge on any atom is -0.351 e. The molecule has 1 heterocycles. The number of hydrogen-bond acceptors (Lipinski definition) is 3. The molecule has 1 N–H and O–H groups in total. The summed E-state index contributed by atoms with van der Waals surface area (Å²) in [6.07, 6.45) is 1.39. The molecule has 1 aromatic heterocycles. The smallest absolute Gasteiger partial charge is 0.290 e. The van der Waals surface area contributed by atoms with Gasteiger partial charge in [-0.2, -0.15) is 8.78 Å². The quantitative estimate of drug-likeness (QED) is 0.745. The van der Waals surface area contributed by atoms with Gasteiger partial charge in [0.15, 0.2) is 0 Å². The molecule has 2 rings (SSSR count). The van der Waals surface area contributed by atoms with E-state index in [4.69, 9.17) is 11.6 Å². The number of amides is 1. The molecule has 0 bridgehead atoms. The molecule has 0 aliphatic rings. The Morgan fingerprint density at radius 2 is 1.96 bits per heavy atom. The third kappa shape index (κ3) is 4.92. The van der Waals surface area contributed by atoms with Crippen molar-refractivity contribution in [3.63, 3.8) is 0 Å². The standard InChI is InChI=1S/C17H17ClF2N2OS/c1-17(2,11-5-7-12(18)8-6-11)10-22-14(23)13-4-3-9-21-15(13)24-16(19)20/h3-9,16H,10H2,1-2H3,(H,22,23). The van der Waals surface area contributed by atoms with Crippen molar-refractivity contribution in [3.8, 4) is 0 Å². The summed E-state index contributed by atoms with van der Waals surface area (Å²) in [7, 11) is 0. The van der Waals surface area contributed by atoms with Gasteiger partial charge < -0.3 is 5.32 Å². The van der Waals surface area contributed by atoms with Crippen molar-refractivity contribution in [2.75, 3.05) is 6.54 Å². The van der Waals surface area contributed by atoms with Crippen molar-refractivity contribution < 1.29 is 13.6 Å². The molecule has 0 unspecified atom stereocenters. The van der Waals surface area contributed by atoms with Crippen molar-refractivity contribution >= 4 is 29.3 Å². The summed E-state index contributed by atoms with van der Waals surface area (Å²) in [6, 6.07) is 10.4. The fourth-order valence-corrected chi connectivity index (χ4v) is 2.85. The first-order chi connectivity index (χ1) is 11.3. The van der Waals surface area contributed by atoms with Crippen LogP contribution in [0, 0.1) is 0 Å². The molecule has 1 aromatic carbocycles. The predicted molar refractivity (Wildman–Crippen MR) is 92.9 cm³/mol. The average Bonchev–Trinajstić information content (AvgIpc) is 2.53. The molecule has 0 aliphatic heterocycles. The number of nitrogens with one attached hydrogen (secondary N) is 1. The van der Waals surface area contributed by atoms with Gasteiger partial charge in [-0.15, -0.1) is 0 Å². The summed E-state index contributed by atoms with van der Waals surface area (Å²) < 4.78 is 25.1. The maximum Gasteiger partial charge on any atom is 0.290 e. The Morgan fingerprint density at radius 1 is 1.29 bits per heavy atom. The van der Waals surface area contributed by atoms with Crippen molar-refractivity contribution in [2.24, 2.45) is 0 Å². The Morgan fingerprint density at radius 3 is 2.58 bits per heavy atom. The second-order valence-electron chi connectivity index (χ2n) is 5.81. The maximum atomic E-state index is 12.6. The molecule has 3 nitrogen and oxygen atoms in total. The summed E-state index contributed by atoms with van der Waals surface area (Å²) >= 11 is 6.15. The summed E-state index contributed by atoms with van der Waals surface area (Å²) in [5.41, 5.74) is 0.827. The Labute approximate surface area is 148 Å². The van der Waals surface area contributed by atoms with Gasteiger partial charge in [0.05, 0.1) is 5.56 Å². The van der Waals surface area contributed by atoms with Crippen LogP contribution in [0.25, 0.3) is 0 Å². The highest BCUT2D eigenvalue weighted by atomic mass is 35.5.